The molecule has 0 saturated carbocycles. The molecule has 88 valence electrons. The summed E-state index contributed by atoms with van der Waals surface area (Å²) in [7, 11) is 0. The molecule has 1 aromatic heterocycles. The zero-order valence-electron chi connectivity index (χ0n) is 9.48. The lowest BCUT2D eigenvalue weighted by atomic mass is 10.1. The van der Waals surface area contributed by atoms with Gasteiger partial charge in [0, 0.05) is 23.5 Å². The van der Waals surface area contributed by atoms with Gasteiger partial charge in [0.1, 0.15) is 0 Å². The molecule has 16 heavy (non-hydrogen) atoms. The van der Waals surface area contributed by atoms with Gasteiger partial charge in [0.05, 0.1) is 0 Å². The van der Waals surface area contributed by atoms with Crippen LogP contribution in [-0.2, 0) is 4.79 Å². The Bertz CT molecular complexity index is 333. The largest absolute Gasteiger partial charge is 0.349 e. The van der Waals surface area contributed by atoms with Crippen molar-refractivity contribution in [3.63, 3.8) is 0 Å². The standard InChI is InChI=1S/C12H18N2OS/c1-2-4-10(9-13)14-12(15)7-6-11-5-3-8-16-11/h3,5-8,10H,2,4,9,13H2,1H3,(H,14,15). The van der Waals surface area contributed by atoms with Crippen LogP contribution in [0.15, 0.2) is 23.6 Å². The van der Waals surface area contributed by atoms with Crippen molar-refractivity contribution >= 4 is 23.3 Å². The minimum atomic E-state index is -0.0719. The van der Waals surface area contributed by atoms with E-state index < -0.39 is 0 Å². The van der Waals surface area contributed by atoms with Gasteiger partial charge in [-0.3, -0.25) is 4.79 Å². The summed E-state index contributed by atoms with van der Waals surface area (Å²) in [6.07, 6.45) is 5.33. The third-order valence-electron chi connectivity index (χ3n) is 2.21. The molecule has 1 rings (SSSR count). The smallest absolute Gasteiger partial charge is 0.244 e. The molecule has 3 nitrogen and oxygen atoms in total. The Kier molecular flexibility index (Phi) is 5.82. The van der Waals surface area contributed by atoms with Crippen LogP contribution in [0.4, 0.5) is 0 Å². The molecular weight excluding hydrogens is 220 g/mol. The third kappa shape index (κ3) is 4.59. The number of nitrogens with one attached hydrogen (secondary N) is 1. The number of carbonyl (C=O) groups excluding carboxylic acids is 1. The van der Waals surface area contributed by atoms with Gasteiger partial charge < -0.3 is 11.1 Å². The van der Waals surface area contributed by atoms with Crippen LogP contribution in [0.1, 0.15) is 24.6 Å². The highest BCUT2D eigenvalue weighted by Crippen LogP contribution is 2.09. The Balaban J connectivity index is 2.40. The van der Waals surface area contributed by atoms with E-state index >= 15 is 0 Å². The molecule has 1 heterocycles. The quantitative estimate of drug-likeness (QED) is 0.745. The highest BCUT2D eigenvalue weighted by molar-refractivity contribution is 7.10. The van der Waals surface area contributed by atoms with Crippen molar-refractivity contribution in [1.82, 2.24) is 5.32 Å². The molecule has 0 bridgehead atoms. The predicted octanol–water partition coefficient (Wildman–Crippen LogP) is 2.00. The fraction of sp³-hybridized carbons (Fsp3) is 0.417. The van der Waals surface area contributed by atoms with Gasteiger partial charge in [-0.05, 0) is 23.9 Å². The van der Waals surface area contributed by atoms with Crippen LogP contribution in [0.2, 0.25) is 0 Å². The van der Waals surface area contributed by atoms with Gasteiger partial charge in [-0.2, -0.15) is 0 Å². The highest BCUT2D eigenvalue weighted by atomic mass is 32.1. The second-order valence-electron chi connectivity index (χ2n) is 3.58. The molecule has 1 amide bonds. The first-order valence-electron chi connectivity index (χ1n) is 5.48. The molecule has 0 aliphatic carbocycles. The zero-order valence-corrected chi connectivity index (χ0v) is 10.3. The Hall–Kier alpha value is -1.13. The Labute approximate surface area is 100 Å². The maximum atomic E-state index is 11.5. The van der Waals surface area contributed by atoms with E-state index in [1.165, 1.54) is 0 Å². The molecule has 0 aliphatic rings. The molecular formula is C12H18N2OS. The van der Waals surface area contributed by atoms with E-state index in [1.54, 1.807) is 17.4 Å². The van der Waals surface area contributed by atoms with Gasteiger partial charge in [-0.1, -0.05) is 19.4 Å². The Morgan fingerprint density at radius 1 is 1.69 bits per heavy atom. The summed E-state index contributed by atoms with van der Waals surface area (Å²) in [6.45, 7) is 2.57. The summed E-state index contributed by atoms with van der Waals surface area (Å²) in [5.74, 6) is -0.0719. The lowest BCUT2D eigenvalue weighted by molar-refractivity contribution is -0.117. The van der Waals surface area contributed by atoms with Crippen molar-refractivity contribution in [3.05, 3.63) is 28.5 Å². The van der Waals surface area contributed by atoms with Crippen LogP contribution in [0, 0.1) is 0 Å². The van der Waals surface area contributed by atoms with E-state index in [4.69, 9.17) is 5.73 Å². The van der Waals surface area contributed by atoms with E-state index in [0.29, 0.717) is 6.54 Å². The van der Waals surface area contributed by atoms with Crippen molar-refractivity contribution in [2.45, 2.75) is 25.8 Å². The molecule has 0 aliphatic heterocycles. The molecule has 1 aromatic rings. The number of nitrogens with two attached hydrogens (primary N) is 1. The van der Waals surface area contributed by atoms with E-state index in [1.807, 2.05) is 23.6 Å². The Morgan fingerprint density at radius 2 is 2.50 bits per heavy atom. The molecule has 0 aromatic carbocycles. The number of thiophene rings is 1. The fourth-order valence-electron chi connectivity index (χ4n) is 1.39. The first kappa shape index (κ1) is 12.9. The van der Waals surface area contributed by atoms with Gasteiger partial charge in [0.2, 0.25) is 5.91 Å². The van der Waals surface area contributed by atoms with E-state index in [-0.39, 0.29) is 11.9 Å². The zero-order chi connectivity index (χ0) is 11.8. The van der Waals surface area contributed by atoms with Gasteiger partial charge in [0.25, 0.3) is 0 Å². The molecule has 4 heteroatoms. The molecule has 3 N–H and O–H groups in total. The number of amides is 1. The van der Waals surface area contributed by atoms with E-state index in [0.717, 1.165) is 17.7 Å². The van der Waals surface area contributed by atoms with Crippen LogP contribution < -0.4 is 11.1 Å². The number of hydrogen-bond acceptors (Lipinski definition) is 3. The molecule has 0 fully saturated rings. The van der Waals surface area contributed by atoms with Crippen molar-refractivity contribution in [2.24, 2.45) is 5.73 Å². The average molecular weight is 238 g/mol. The van der Waals surface area contributed by atoms with Gasteiger partial charge in [-0.15, -0.1) is 11.3 Å². The number of carbonyl (C=O) groups is 1. The summed E-state index contributed by atoms with van der Waals surface area (Å²) in [5.41, 5.74) is 5.56. The van der Waals surface area contributed by atoms with Gasteiger partial charge >= 0.3 is 0 Å². The van der Waals surface area contributed by atoms with Gasteiger partial charge in [0.15, 0.2) is 0 Å². The van der Waals surface area contributed by atoms with Crippen LogP contribution in [0.3, 0.4) is 0 Å². The summed E-state index contributed by atoms with van der Waals surface area (Å²) < 4.78 is 0. The van der Waals surface area contributed by atoms with Gasteiger partial charge in [-0.25, -0.2) is 0 Å². The summed E-state index contributed by atoms with van der Waals surface area (Å²) in [4.78, 5) is 12.6. The van der Waals surface area contributed by atoms with Crippen molar-refractivity contribution in [1.29, 1.82) is 0 Å². The summed E-state index contributed by atoms with van der Waals surface area (Å²) >= 11 is 1.61. The molecule has 1 unspecified atom stereocenters. The Morgan fingerprint density at radius 3 is 3.06 bits per heavy atom. The second kappa shape index (κ2) is 7.19. The van der Waals surface area contributed by atoms with Crippen LogP contribution >= 0.6 is 11.3 Å². The normalized spacial score (nSPS) is 12.9. The molecule has 0 saturated heterocycles. The maximum Gasteiger partial charge on any atom is 0.244 e. The lowest BCUT2D eigenvalue weighted by Gasteiger charge is -2.14. The minimum Gasteiger partial charge on any atom is -0.349 e. The SMILES string of the molecule is CCCC(CN)NC(=O)C=Cc1cccs1. The number of rotatable bonds is 6. The highest BCUT2D eigenvalue weighted by Gasteiger charge is 2.06. The fourth-order valence-corrected chi connectivity index (χ4v) is 2.01. The first-order valence-corrected chi connectivity index (χ1v) is 6.36. The van der Waals surface area contributed by atoms with Crippen molar-refractivity contribution in [3.8, 4) is 0 Å². The summed E-state index contributed by atoms with van der Waals surface area (Å²) in [5, 5.41) is 4.87. The topological polar surface area (TPSA) is 55.1 Å². The summed E-state index contributed by atoms with van der Waals surface area (Å²) in [6, 6.07) is 4.02. The van der Waals surface area contributed by atoms with E-state index in [9.17, 15) is 4.79 Å². The van der Waals surface area contributed by atoms with Crippen LogP contribution in [-0.4, -0.2) is 18.5 Å². The molecule has 1 atom stereocenters. The number of hydrogen-bond donors (Lipinski definition) is 2. The molecule has 0 radical (unpaired) electrons. The second-order valence-corrected chi connectivity index (χ2v) is 4.56. The molecule has 0 spiro atoms. The third-order valence-corrected chi connectivity index (χ3v) is 3.05. The van der Waals surface area contributed by atoms with Crippen LogP contribution in [0.5, 0.6) is 0 Å². The monoisotopic (exact) mass is 238 g/mol. The first-order chi connectivity index (χ1) is 7.76. The average Bonchev–Trinajstić information content (AvgIpc) is 2.78. The lowest BCUT2D eigenvalue weighted by Crippen LogP contribution is -2.39. The van der Waals surface area contributed by atoms with E-state index in [2.05, 4.69) is 12.2 Å². The maximum absolute atomic E-state index is 11.5. The predicted molar refractivity (Wildman–Crippen MR) is 69.2 cm³/mol. The minimum absolute atomic E-state index is 0.0719. The van der Waals surface area contributed by atoms with Crippen molar-refractivity contribution in [2.75, 3.05) is 6.54 Å². The van der Waals surface area contributed by atoms with Crippen molar-refractivity contribution < 1.29 is 4.79 Å². The van der Waals surface area contributed by atoms with Crippen LogP contribution in [0.25, 0.3) is 6.08 Å².